The van der Waals surface area contributed by atoms with Gasteiger partial charge in [0.05, 0.1) is 5.56 Å². The predicted molar refractivity (Wildman–Crippen MR) is 114 cm³/mol. The molecule has 1 fully saturated rings. The lowest BCUT2D eigenvalue weighted by Gasteiger charge is -2.34. The number of ketones is 2. The number of hydrogen-bond acceptors (Lipinski definition) is 5. The van der Waals surface area contributed by atoms with Crippen LogP contribution in [0.1, 0.15) is 75.3 Å². The highest BCUT2D eigenvalue weighted by Gasteiger charge is 2.33. The van der Waals surface area contributed by atoms with Gasteiger partial charge in [-0.25, -0.2) is 4.79 Å². The standard InChI is InChI=1S/C25H25NO5/c1-14-7-5-12-20(15(14)2)26-21(27)13-31-25(30)19-11-6-10-18-22(19)24(29)17-9-4-3-8-16(17)23(18)28/h3-4,6,8-11,14-15,20H,5,7,12-13H2,1-2H3,(H,26,27). The van der Waals surface area contributed by atoms with Gasteiger partial charge in [-0.15, -0.1) is 0 Å². The number of nitrogens with one attached hydrogen (secondary N) is 1. The lowest BCUT2D eigenvalue weighted by molar-refractivity contribution is -0.125. The van der Waals surface area contributed by atoms with Crippen LogP contribution in [0.3, 0.4) is 0 Å². The van der Waals surface area contributed by atoms with Gasteiger partial charge < -0.3 is 10.1 Å². The molecule has 1 saturated carbocycles. The highest BCUT2D eigenvalue weighted by atomic mass is 16.5. The second-order valence-corrected chi connectivity index (χ2v) is 8.45. The Morgan fingerprint density at radius 2 is 1.61 bits per heavy atom. The van der Waals surface area contributed by atoms with E-state index in [1.165, 1.54) is 12.1 Å². The molecule has 3 unspecified atom stereocenters. The van der Waals surface area contributed by atoms with Gasteiger partial charge in [-0.3, -0.25) is 14.4 Å². The molecule has 0 heterocycles. The van der Waals surface area contributed by atoms with Crippen molar-refractivity contribution in [2.45, 2.75) is 39.2 Å². The summed E-state index contributed by atoms with van der Waals surface area (Å²) in [7, 11) is 0. The van der Waals surface area contributed by atoms with Gasteiger partial charge in [0.25, 0.3) is 5.91 Å². The number of esters is 1. The largest absolute Gasteiger partial charge is 0.452 e. The lowest BCUT2D eigenvalue weighted by atomic mass is 9.78. The van der Waals surface area contributed by atoms with Crippen molar-refractivity contribution in [1.29, 1.82) is 0 Å². The van der Waals surface area contributed by atoms with E-state index in [-0.39, 0.29) is 40.0 Å². The van der Waals surface area contributed by atoms with E-state index in [0.29, 0.717) is 17.4 Å². The van der Waals surface area contributed by atoms with Crippen molar-refractivity contribution < 1.29 is 23.9 Å². The number of hydrogen-bond donors (Lipinski definition) is 1. The zero-order valence-corrected chi connectivity index (χ0v) is 17.6. The number of benzene rings is 2. The third-order valence-electron chi connectivity index (χ3n) is 6.56. The minimum atomic E-state index is -0.794. The normalized spacial score (nSPS) is 22.3. The van der Waals surface area contributed by atoms with Crippen LogP contribution in [0.25, 0.3) is 0 Å². The molecule has 1 amide bonds. The maximum Gasteiger partial charge on any atom is 0.339 e. The van der Waals surface area contributed by atoms with E-state index in [1.807, 2.05) is 0 Å². The van der Waals surface area contributed by atoms with Crippen LogP contribution < -0.4 is 5.32 Å². The van der Waals surface area contributed by atoms with Crippen molar-refractivity contribution in [2.75, 3.05) is 6.61 Å². The Morgan fingerprint density at radius 3 is 2.35 bits per heavy atom. The molecule has 6 nitrogen and oxygen atoms in total. The second-order valence-electron chi connectivity index (χ2n) is 8.45. The fourth-order valence-corrected chi connectivity index (χ4v) is 4.56. The van der Waals surface area contributed by atoms with E-state index >= 15 is 0 Å². The Labute approximate surface area is 181 Å². The summed E-state index contributed by atoms with van der Waals surface area (Å²) in [5.74, 6) is -0.971. The lowest BCUT2D eigenvalue weighted by Crippen LogP contribution is -2.45. The van der Waals surface area contributed by atoms with E-state index in [4.69, 9.17) is 4.74 Å². The Hall–Kier alpha value is -3.28. The van der Waals surface area contributed by atoms with Crippen molar-refractivity contribution >= 4 is 23.4 Å². The molecule has 0 radical (unpaired) electrons. The fourth-order valence-electron chi connectivity index (χ4n) is 4.56. The number of carbonyl (C=O) groups is 4. The number of carbonyl (C=O) groups excluding carboxylic acids is 4. The predicted octanol–water partition coefficient (Wildman–Crippen LogP) is 3.56. The first-order chi connectivity index (χ1) is 14.9. The number of ether oxygens (including phenoxy) is 1. The molecular weight excluding hydrogens is 394 g/mol. The van der Waals surface area contributed by atoms with Gasteiger partial charge in [-0.05, 0) is 24.3 Å². The van der Waals surface area contributed by atoms with Gasteiger partial charge in [-0.1, -0.05) is 63.1 Å². The molecule has 4 rings (SSSR count). The maximum absolute atomic E-state index is 13.0. The molecule has 6 heteroatoms. The topological polar surface area (TPSA) is 89.5 Å². The Bertz CT molecular complexity index is 1070. The van der Waals surface area contributed by atoms with E-state index < -0.39 is 18.4 Å². The second kappa shape index (κ2) is 8.46. The quantitative estimate of drug-likeness (QED) is 0.653. The van der Waals surface area contributed by atoms with Crippen LogP contribution in [-0.2, 0) is 9.53 Å². The monoisotopic (exact) mass is 419 g/mol. The van der Waals surface area contributed by atoms with Gasteiger partial charge in [0.1, 0.15) is 0 Å². The summed E-state index contributed by atoms with van der Waals surface area (Å²) in [5, 5.41) is 2.96. The average Bonchev–Trinajstić information content (AvgIpc) is 2.78. The molecule has 0 saturated heterocycles. The van der Waals surface area contributed by atoms with Crippen molar-refractivity contribution in [3.8, 4) is 0 Å². The van der Waals surface area contributed by atoms with E-state index in [1.54, 1.807) is 30.3 Å². The molecule has 0 bridgehead atoms. The molecule has 0 aliphatic heterocycles. The van der Waals surface area contributed by atoms with Gasteiger partial charge in [-0.2, -0.15) is 0 Å². The van der Waals surface area contributed by atoms with Crippen LogP contribution in [0.15, 0.2) is 42.5 Å². The first-order valence-electron chi connectivity index (χ1n) is 10.7. The molecule has 2 aromatic rings. The van der Waals surface area contributed by atoms with Crippen LogP contribution in [-0.4, -0.2) is 36.1 Å². The smallest absolute Gasteiger partial charge is 0.339 e. The van der Waals surface area contributed by atoms with Crippen molar-refractivity contribution in [1.82, 2.24) is 5.32 Å². The highest BCUT2D eigenvalue weighted by molar-refractivity contribution is 6.30. The fraction of sp³-hybridized carbons (Fsp3) is 0.360. The first kappa shape index (κ1) is 21.0. The zero-order chi connectivity index (χ0) is 22.1. The summed E-state index contributed by atoms with van der Waals surface area (Å²) in [6, 6.07) is 11.1. The first-order valence-corrected chi connectivity index (χ1v) is 10.7. The van der Waals surface area contributed by atoms with Crippen molar-refractivity contribution in [2.24, 2.45) is 11.8 Å². The van der Waals surface area contributed by atoms with Crippen LogP contribution in [0.4, 0.5) is 0 Å². The number of fused-ring (bicyclic) bond motifs is 2. The van der Waals surface area contributed by atoms with Crippen molar-refractivity contribution in [3.05, 3.63) is 70.3 Å². The Kier molecular flexibility index (Phi) is 5.72. The van der Waals surface area contributed by atoms with Crippen LogP contribution in [0, 0.1) is 11.8 Å². The number of amides is 1. The molecule has 2 aliphatic rings. The van der Waals surface area contributed by atoms with Crippen LogP contribution in [0.2, 0.25) is 0 Å². The third kappa shape index (κ3) is 3.90. The molecule has 2 aliphatic carbocycles. The molecule has 0 spiro atoms. The number of rotatable bonds is 4. The van der Waals surface area contributed by atoms with Gasteiger partial charge in [0, 0.05) is 28.3 Å². The van der Waals surface area contributed by atoms with Gasteiger partial charge >= 0.3 is 5.97 Å². The van der Waals surface area contributed by atoms with E-state index in [9.17, 15) is 19.2 Å². The van der Waals surface area contributed by atoms with E-state index in [0.717, 1.165) is 19.3 Å². The minimum absolute atomic E-state index is 0.00203. The molecule has 2 aromatic carbocycles. The van der Waals surface area contributed by atoms with Gasteiger partial charge in [0.2, 0.25) is 0 Å². The molecule has 3 atom stereocenters. The summed E-state index contributed by atoms with van der Waals surface area (Å²) < 4.78 is 5.22. The molecule has 0 aromatic heterocycles. The molecule has 1 N–H and O–H groups in total. The van der Waals surface area contributed by atoms with Crippen LogP contribution >= 0.6 is 0 Å². The average molecular weight is 419 g/mol. The molecule has 160 valence electrons. The highest BCUT2D eigenvalue weighted by Crippen LogP contribution is 2.30. The molecule has 31 heavy (non-hydrogen) atoms. The SMILES string of the molecule is CC1CCCC(NC(=O)COC(=O)c2cccc3c2C(=O)c2ccccc2C3=O)C1C. The maximum atomic E-state index is 13.0. The molecular formula is C25H25NO5. The summed E-state index contributed by atoms with van der Waals surface area (Å²) in [5.41, 5.74) is 0.788. The Balaban J connectivity index is 1.48. The third-order valence-corrected chi connectivity index (χ3v) is 6.56. The Morgan fingerprint density at radius 1 is 0.935 bits per heavy atom. The summed E-state index contributed by atoms with van der Waals surface area (Å²) >= 11 is 0. The van der Waals surface area contributed by atoms with Crippen LogP contribution in [0.5, 0.6) is 0 Å². The summed E-state index contributed by atoms with van der Waals surface area (Å²) in [4.78, 5) is 50.9. The zero-order valence-electron chi connectivity index (χ0n) is 17.6. The summed E-state index contributed by atoms with van der Waals surface area (Å²) in [6.45, 7) is 3.87. The van der Waals surface area contributed by atoms with Gasteiger partial charge in [0.15, 0.2) is 18.2 Å². The van der Waals surface area contributed by atoms with Crippen molar-refractivity contribution in [3.63, 3.8) is 0 Å². The minimum Gasteiger partial charge on any atom is -0.452 e. The van der Waals surface area contributed by atoms with E-state index in [2.05, 4.69) is 19.2 Å². The summed E-state index contributed by atoms with van der Waals surface area (Å²) in [6.07, 6.45) is 3.12.